The molecule has 0 amide bonds. The van der Waals surface area contributed by atoms with Gasteiger partial charge in [-0.1, -0.05) is 97.1 Å². The van der Waals surface area contributed by atoms with E-state index >= 15 is 0 Å². The standard InChI is InChI=1S/C45H27N3S/c1-3-15-35-33(13-1)41(32-24-30(28-11-9-21-46-26-28)23-31(25-32)29-12-10-22-47-27-29)34-14-2-4-16-36(34)42(35)45-43-37-17-5-7-19-39(37)48-44(43)38-18-6-8-20-40(38)49-45/h1-27H. The van der Waals surface area contributed by atoms with Crippen LogP contribution in [0.3, 0.4) is 0 Å². The van der Waals surface area contributed by atoms with Crippen molar-refractivity contribution < 1.29 is 0 Å². The highest BCUT2D eigenvalue weighted by molar-refractivity contribution is 7.22. The lowest BCUT2D eigenvalue weighted by Gasteiger charge is -2.20. The largest absolute Gasteiger partial charge is 0.264 e. The monoisotopic (exact) mass is 641 g/mol. The molecular formula is C45H27N3S. The number of hydrogen-bond donors (Lipinski definition) is 0. The van der Waals surface area contributed by atoms with E-state index in [0.717, 1.165) is 39.0 Å². The second-order valence-electron chi connectivity index (χ2n) is 12.4. The smallest absolute Gasteiger partial charge is 0.0817 e. The van der Waals surface area contributed by atoms with Gasteiger partial charge in [0, 0.05) is 67.4 Å². The molecule has 3 nitrogen and oxygen atoms in total. The predicted molar refractivity (Wildman–Crippen MR) is 206 cm³/mol. The van der Waals surface area contributed by atoms with Crippen molar-refractivity contribution in [2.24, 2.45) is 0 Å². The van der Waals surface area contributed by atoms with Crippen molar-refractivity contribution in [1.29, 1.82) is 0 Å². The maximum Gasteiger partial charge on any atom is 0.0817 e. The molecule has 4 heterocycles. The third kappa shape index (κ3) is 4.46. The van der Waals surface area contributed by atoms with Crippen LogP contribution < -0.4 is 0 Å². The Hall–Kier alpha value is -6.23. The molecule has 6 aromatic carbocycles. The fraction of sp³-hybridized carbons (Fsp3) is 0. The lowest BCUT2D eigenvalue weighted by molar-refractivity contribution is 1.32. The summed E-state index contributed by atoms with van der Waals surface area (Å²) in [5.41, 5.74) is 11.3. The van der Waals surface area contributed by atoms with E-state index in [1.807, 2.05) is 48.3 Å². The molecule has 49 heavy (non-hydrogen) atoms. The van der Waals surface area contributed by atoms with Gasteiger partial charge in [0.15, 0.2) is 0 Å². The van der Waals surface area contributed by atoms with Crippen LogP contribution in [0.25, 0.3) is 97.6 Å². The first-order valence-electron chi connectivity index (χ1n) is 16.4. The Morgan fingerprint density at radius 3 is 1.49 bits per heavy atom. The fourth-order valence-electron chi connectivity index (χ4n) is 7.46. The summed E-state index contributed by atoms with van der Waals surface area (Å²) in [6.45, 7) is 0. The zero-order chi connectivity index (χ0) is 32.3. The molecule has 0 aliphatic carbocycles. The van der Waals surface area contributed by atoms with Gasteiger partial charge in [0.05, 0.1) is 11.2 Å². The van der Waals surface area contributed by atoms with Crippen molar-refractivity contribution in [3.05, 3.63) is 164 Å². The molecule has 0 saturated heterocycles. The zero-order valence-electron chi connectivity index (χ0n) is 26.3. The highest BCUT2D eigenvalue weighted by atomic mass is 32.1. The minimum Gasteiger partial charge on any atom is -0.264 e. The number of rotatable bonds is 4. The molecule has 0 N–H and O–H groups in total. The minimum absolute atomic E-state index is 1.03. The molecule has 0 spiro atoms. The molecule has 2 aliphatic heterocycles. The molecule has 0 radical (unpaired) electrons. The molecule has 0 unspecified atom stereocenters. The van der Waals surface area contributed by atoms with E-state index in [0.29, 0.717) is 0 Å². The molecular weight excluding hydrogens is 615 g/mol. The maximum atomic E-state index is 5.23. The van der Waals surface area contributed by atoms with E-state index in [4.69, 9.17) is 4.98 Å². The van der Waals surface area contributed by atoms with Gasteiger partial charge in [0.25, 0.3) is 0 Å². The summed E-state index contributed by atoms with van der Waals surface area (Å²) in [6.07, 6.45) is 7.53. The average Bonchev–Trinajstić information content (AvgIpc) is 3.57. The van der Waals surface area contributed by atoms with Crippen LogP contribution in [0.4, 0.5) is 0 Å². The summed E-state index contributed by atoms with van der Waals surface area (Å²) in [5, 5.41) is 7.27. The van der Waals surface area contributed by atoms with Crippen LogP contribution in [0.15, 0.2) is 164 Å². The molecule has 0 fully saturated rings. The van der Waals surface area contributed by atoms with Crippen LogP contribution in [-0.4, -0.2) is 15.0 Å². The normalized spacial score (nSPS) is 11.7. The number of nitrogens with zero attached hydrogens (tertiary/aromatic N) is 3. The van der Waals surface area contributed by atoms with Crippen molar-refractivity contribution in [3.63, 3.8) is 0 Å². The van der Waals surface area contributed by atoms with Gasteiger partial charge in [-0.3, -0.25) is 9.97 Å². The van der Waals surface area contributed by atoms with E-state index in [9.17, 15) is 0 Å². The summed E-state index contributed by atoms with van der Waals surface area (Å²) in [7, 11) is 0. The Bertz CT molecular complexity index is 2710. The van der Waals surface area contributed by atoms with Crippen LogP contribution in [0, 0.1) is 0 Å². The first-order chi connectivity index (χ1) is 24.3. The molecule has 2 aliphatic rings. The van der Waals surface area contributed by atoms with Crippen LogP contribution in [0.5, 0.6) is 0 Å². The SMILES string of the molecule is c1cncc(-c2cc(-c3cccnc3)cc(-c3c4ccccc4c(-c4sc5ccccc5c5nc6ccccc6c4-5)c4ccccc34)c2)c1. The van der Waals surface area contributed by atoms with Gasteiger partial charge in [0.2, 0.25) is 0 Å². The number of benzene rings is 6. The van der Waals surface area contributed by atoms with Crippen LogP contribution in [0.1, 0.15) is 0 Å². The molecule has 10 rings (SSSR count). The number of aromatic nitrogens is 3. The predicted octanol–water partition coefficient (Wildman–Crippen LogP) is 12.3. The van der Waals surface area contributed by atoms with E-state index in [1.165, 1.54) is 58.6 Å². The first kappa shape index (κ1) is 27.8. The Labute approximate surface area is 287 Å². The molecule has 0 atom stereocenters. The van der Waals surface area contributed by atoms with Gasteiger partial charge >= 0.3 is 0 Å². The second kappa shape index (κ2) is 11.2. The van der Waals surface area contributed by atoms with E-state index < -0.39 is 0 Å². The zero-order valence-corrected chi connectivity index (χ0v) is 27.2. The molecule has 0 bridgehead atoms. The minimum atomic E-state index is 1.03. The summed E-state index contributed by atoms with van der Waals surface area (Å²) < 4.78 is 1.23. The molecule has 2 aromatic heterocycles. The fourth-order valence-corrected chi connectivity index (χ4v) is 8.73. The van der Waals surface area contributed by atoms with Crippen molar-refractivity contribution >= 4 is 53.9 Å². The summed E-state index contributed by atoms with van der Waals surface area (Å²) >= 11 is 1.87. The van der Waals surface area contributed by atoms with Crippen LogP contribution in [0.2, 0.25) is 0 Å². The lowest BCUT2D eigenvalue weighted by Crippen LogP contribution is -1.93. The molecule has 0 saturated carbocycles. The third-order valence-corrected chi connectivity index (χ3v) is 10.8. The van der Waals surface area contributed by atoms with Crippen LogP contribution >= 0.6 is 11.3 Å². The Morgan fingerprint density at radius 1 is 0.388 bits per heavy atom. The van der Waals surface area contributed by atoms with Crippen molar-refractivity contribution in [3.8, 4) is 55.1 Å². The second-order valence-corrected chi connectivity index (χ2v) is 13.5. The topological polar surface area (TPSA) is 38.7 Å². The van der Waals surface area contributed by atoms with Gasteiger partial charge in [-0.25, -0.2) is 4.98 Å². The highest BCUT2D eigenvalue weighted by Gasteiger charge is 2.25. The van der Waals surface area contributed by atoms with Crippen molar-refractivity contribution in [2.75, 3.05) is 0 Å². The van der Waals surface area contributed by atoms with Crippen LogP contribution in [-0.2, 0) is 0 Å². The Balaban J connectivity index is 1.34. The number of hydrogen-bond acceptors (Lipinski definition) is 4. The van der Waals surface area contributed by atoms with Crippen molar-refractivity contribution in [1.82, 2.24) is 15.0 Å². The number of fused-ring (bicyclic) bond motifs is 7. The van der Waals surface area contributed by atoms with E-state index in [-0.39, 0.29) is 0 Å². The number of pyridine rings is 2. The summed E-state index contributed by atoms with van der Waals surface area (Å²) in [6, 6.07) is 50.2. The Kier molecular flexibility index (Phi) is 6.36. The van der Waals surface area contributed by atoms with Crippen molar-refractivity contribution in [2.45, 2.75) is 0 Å². The number of para-hydroxylation sites is 1. The highest BCUT2D eigenvalue weighted by Crippen LogP contribution is 2.52. The molecule has 4 heteroatoms. The average molecular weight is 642 g/mol. The first-order valence-corrected chi connectivity index (χ1v) is 17.2. The summed E-state index contributed by atoms with van der Waals surface area (Å²) in [4.78, 5) is 15.4. The maximum absolute atomic E-state index is 5.23. The third-order valence-electron chi connectivity index (χ3n) is 9.59. The Morgan fingerprint density at radius 2 is 0.898 bits per heavy atom. The van der Waals surface area contributed by atoms with Gasteiger partial charge in [-0.2, -0.15) is 0 Å². The molecule has 8 aromatic rings. The van der Waals surface area contributed by atoms with Gasteiger partial charge in [-0.15, -0.1) is 11.3 Å². The lowest BCUT2D eigenvalue weighted by atomic mass is 9.85. The van der Waals surface area contributed by atoms with Gasteiger partial charge in [0.1, 0.15) is 0 Å². The van der Waals surface area contributed by atoms with E-state index in [1.54, 1.807) is 0 Å². The summed E-state index contributed by atoms with van der Waals surface area (Å²) in [5.74, 6) is 0. The van der Waals surface area contributed by atoms with E-state index in [2.05, 4.69) is 137 Å². The quantitative estimate of drug-likeness (QED) is 0.180. The molecule has 228 valence electrons. The van der Waals surface area contributed by atoms with Gasteiger partial charge in [-0.05, 0) is 86.3 Å². The van der Waals surface area contributed by atoms with Gasteiger partial charge < -0.3 is 0 Å².